The second-order valence-corrected chi connectivity index (χ2v) is 6.12. The van der Waals surface area contributed by atoms with Crippen LogP contribution in [0.4, 0.5) is 0 Å². The van der Waals surface area contributed by atoms with Gasteiger partial charge < -0.3 is 5.11 Å². The number of carbonyl (C=O) groups is 3. The first-order valence-corrected chi connectivity index (χ1v) is 7.58. The molecule has 2 amide bonds. The van der Waals surface area contributed by atoms with Crippen molar-refractivity contribution >= 4 is 17.8 Å². The molecule has 1 unspecified atom stereocenters. The minimum atomic E-state index is -0.935. The average Bonchev–Trinajstić information content (AvgIpc) is 2.59. The molecule has 0 aromatic heterocycles. The van der Waals surface area contributed by atoms with Gasteiger partial charge in [0.25, 0.3) is 0 Å². The van der Waals surface area contributed by atoms with Crippen molar-refractivity contribution in [1.29, 1.82) is 0 Å². The molecule has 2 rings (SSSR count). The van der Waals surface area contributed by atoms with E-state index in [1.807, 2.05) is 0 Å². The molecule has 0 aromatic carbocycles. The van der Waals surface area contributed by atoms with Crippen LogP contribution in [0, 0.1) is 11.3 Å². The first kappa shape index (κ1) is 15.0. The highest BCUT2D eigenvalue weighted by molar-refractivity contribution is 6.06. The third kappa shape index (κ3) is 2.72. The van der Waals surface area contributed by atoms with E-state index in [0.29, 0.717) is 6.42 Å². The summed E-state index contributed by atoms with van der Waals surface area (Å²) in [6.07, 6.45) is 6.48. The van der Waals surface area contributed by atoms with Crippen LogP contribution < -0.4 is 0 Å². The highest BCUT2D eigenvalue weighted by Gasteiger charge is 2.51. The van der Waals surface area contributed by atoms with E-state index in [2.05, 4.69) is 0 Å². The molecule has 20 heavy (non-hydrogen) atoms. The molecule has 0 radical (unpaired) electrons. The van der Waals surface area contributed by atoms with Gasteiger partial charge in [0.05, 0.1) is 11.3 Å². The Kier molecular flexibility index (Phi) is 4.45. The smallest absolute Gasteiger partial charge is 0.308 e. The lowest BCUT2D eigenvalue weighted by Gasteiger charge is -2.26. The molecular formula is C15H23NO4. The summed E-state index contributed by atoms with van der Waals surface area (Å²) in [6, 6.07) is 0. The fourth-order valence-electron chi connectivity index (χ4n) is 3.44. The Balaban J connectivity index is 2.13. The van der Waals surface area contributed by atoms with Crippen LogP contribution in [0.5, 0.6) is 0 Å². The van der Waals surface area contributed by atoms with Crippen molar-refractivity contribution in [3.8, 4) is 0 Å². The quantitative estimate of drug-likeness (QED) is 0.802. The SMILES string of the molecule is CCC(CN1C(=O)CC2(CCCCCC2)C1=O)C(=O)O. The van der Waals surface area contributed by atoms with Crippen molar-refractivity contribution in [2.75, 3.05) is 6.54 Å². The average molecular weight is 281 g/mol. The minimum absolute atomic E-state index is 0.0330. The Morgan fingerprint density at radius 2 is 1.85 bits per heavy atom. The summed E-state index contributed by atoms with van der Waals surface area (Å²) in [4.78, 5) is 37.1. The van der Waals surface area contributed by atoms with Crippen LogP contribution in [0.3, 0.4) is 0 Å². The molecule has 112 valence electrons. The van der Waals surface area contributed by atoms with Gasteiger partial charge in [0.15, 0.2) is 0 Å². The zero-order chi connectivity index (χ0) is 14.8. The second-order valence-electron chi connectivity index (χ2n) is 6.12. The van der Waals surface area contributed by atoms with Crippen molar-refractivity contribution < 1.29 is 19.5 Å². The Bertz CT molecular complexity index is 410. The van der Waals surface area contributed by atoms with Gasteiger partial charge >= 0.3 is 5.97 Å². The molecule has 1 saturated carbocycles. The van der Waals surface area contributed by atoms with Crippen LogP contribution in [-0.2, 0) is 14.4 Å². The maximum atomic E-state index is 12.6. The Labute approximate surface area is 119 Å². The zero-order valence-corrected chi connectivity index (χ0v) is 12.1. The van der Waals surface area contributed by atoms with Crippen LogP contribution >= 0.6 is 0 Å². The van der Waals surface area contributed by atoms with Crippen molar-refractivity contribution in [2.24, 2.45) is 11.3 Å². The van der Waals surface area contributed by atoms with Crippen LogP contribution in [0.2, 0.25) is 0 Å². The number of carbonyl (C=O) groups excluding carboxylic acids is 2. The molecule has 5 nitrogen and oxygen atoms in total. The van der Waals surface area contributed by atoms with Gasteiger partial charge in [0, 0.05) is 13.0 Å². The number of hydrogen-bond donors (Lipinski definition) is 1. The Hall–Kier alpha value is -1.39. The predicted octanol–water partition coefficient (Wildman–Crippen LogP) is 2.20. The number of imide groups is 1. The Morgan fingerprint density at radius 3 is 2.35 bits per heavy atom. The molecule has 1 heterocycles. The van der Waals surface area contributed by atoms with Crippen LogP contribution in [0.15, 0.2) is 0 Å². The highest BCUT2D eigenvalue weighted by atomic mass is 16.4. The minimum Gasteiger partial charge on any atom is -0.481 e. The van der Waals surface area contributed by atoms with E-state index in [1.165, 1.54) is 4.90 Å². The maximum absolute atomic E-state index is 12.6. The van der Waals surface area contributed by atoms with Crippen LogP contribution in [0.1, 0.15) is 58.3 Å². The van der Waals surface area contributed by atoms with Crippen molar-refractivity contribution in [3.63, 3.8) is 0 Å². The summed E-state index contributed by atoms with van der Waals surface area (Å²) in [6.45, 7) is 1.80. The molecule has 5 heteroatoms. The Morgan fingerprint density at radius 1 is 1.25 bits per heavy atom. The molecule has 2 aliphatic rings. The van der Waals surface area contributed by atoms with E-state index in [1.54, 1.807) is 6.92 Å². The number of likely N-dealkylation sites (tertiary alicyclic amines) is 1. The van der Waals surface area contributed by atoms with E-state index >= 15 is 0 Å². The summed E-state index contributed by atoms with van der Waals surface area (Å²) in [5.41, 5.74) is -0.523. The lowest BCUT2D eigenvalue weighted by Crippen LogP contribution is -2.40. The molecular weight excluding hydrogens is 258 g/mol. The van der Waals surface area contributed by atoms with E-state index in [-0.39, 0.29) is 24.8 Å². The van der Waals surface area contributed by atoms with Gasteiger partial charge in [-0.2, -0.15) is 0 Å². The normalized spacial score (nSPS) is 23.9. The standard InChI is InChI=1S/C15H23NO4/c1-2-11(13(18)19)10-16-12(17)9-15(14(16)20)7-5-3-4-6-8-15/h11H,2-10H2,1H3,(H,18,19). The second kappa shape index (κ2) is 5.94. The van der Waals surface area contributed by atoms with Crippen molar-refractivity contribution in [1.82, 2.24) is 4.90 Å². The monoisotopic (exact) mass is 281 g/mol. The van der Waals surface area contributed by atoms with Crippen LogP contribution in [0.25, 0.3) is 0 Å². The van der Waals surface area contributed by atoms with Gasteiger partial charge in [-0.05, 0) is 19.3 Å². The maximum Gasteiger partial charge on any atom is 0.308 e. The summed E-state index contributed by atoms with van der Waals surface area (Å²) in [7, 11) is 0. The van der Waals surface area contributed by atoms with Crippen molar-refractivity contribution in [3.05, 3.63) is 0 Å². The number of carboxylic acids is 1. The summed E-state index contributed by atoms with van der Waals surface area (Å²) in [5.74, 6) is -1.89. The largest absolute Gasteiger partial charge is 0.481 e. The van der Waals surface area contributed by atoms with E-state index in [0.717, 1.165) is 38.5 Å². The number of amides is 2. The van der Waals surface area contributed by atoms with E-state index in [4.69, 9.17) is 5.11 Å². The van der Waals surface area contributed by atoms with Crippen LogP contribution in [-0.4, -0.2) is 34.3 Å². The summed E-state index contributed by atoms with van der Waals surface area (Å²) < 4.78 is 0. The van der Waals surface area contributed by atoms with Gasteiger partial charge in [0.2, 0.25) is 11.8 Å². The molecule has 1 aliphatic heterocycles. The molecule has 1 spiro atoms. The van der Waals surface area contributed by atoms with E-state index < -0.39 is 17.3 Å². The first-order valence-electron chi connectivity index (χ1n) is 7.58. The molecule has 2 fully saturated rings. The number of hydrogen-bond acceptors (Lipinski definition) is 3. The third-order valence-corrected chi connectivity index (χ3v) is 4.80. The van der Waals surface area contributed by atoms with Gasteiger partial charge in [-0.1, -0.05) is 32.6 Å². The molecule has 1 saturated heterocycles. The van der Waals surface area contributed by atoms with Crippen molar-refractivity contribution in [2.45, 2.75) is 58.3 Å². The lowest BCUT2D eigenvalue weighted by atomic mass is 9.79. The number of carboxylic acid groups (broad SMARTS) is 1. The molecule has 1 N–H and O–H groups in total. The summed E-state index contributed by atoms with van der Waals surface area (Å²) in [5, 5.41) is 9.10. The fourth-order valence-corrected chi connectivity index (χ4v) is 3.44. The van der Waals surface area contributed by atoms with Gasteiger partial charge in [-0.25, -0.2) is 0 Å². The van der Waals surface area contributed by atoms with Gasteiger partial charge in [0.1, 0.15) is 0 Å². The highest BCUT2D eigenvalue weighted by Crippen LogP contribution is 2.44. The fraction of sp³-hybridized carbons (Fsp3) is 0.800. The predicted molar refractivity (Wildman–Crippen MR) is 72.9 cm³/mol. The van der Waals surface area contributed by atoms with Gasteiger partial charge in [-0.3, -0.25) is 19.3 Å². The molecule has 0 aromatic rings. The first-order chi connectivity index (χ1) is 9.50. The number of rotatable bonds is 4. The lowest BCUT2D eigenvalue weighted by molar-refractivity contribution is -0.147. The van der Waals surface area contributed by atoms with Gasteiger partial charge in [-0.15, -0.1) is 0 Å². The molecule has 1 aliphatic carbocycles. The van der Waals surface area contributed by atoms with E-state index in [9.17, 15) is 14.4 Å². The topological polar surface area (TPSA) is 74.7 Å². The third-order valence-electron chi connectivity index (χ3n) is 4.80. The zero-order valence-electron chi connectivity index (χ0n) is 12.1. The number of aliphatic carboxylic acids is 1. The number of nitrogens with zero attached hydrogens (tertiary/aromatic N) is 1. The molecule has 0 bridgehead atoms. The molecule has 1 atom stereocenters. The summed E-state index contributed by atoms with van der Waals surface area (Å²) >= 11 is 0.